The molecule has 2 rings (SSSR count). The predicted molar refractivity (Wildman–Crippen MR) is 72.2 cm³/mol. The number of hydrogen-bond acceptors (Lipinski definition) is 3. The summed E-state index contributed by atoms with van der Waals surface area (Å²) in [4.78, 5) is 12.2. The molecule has 1 atom stereocenters. The Kier molecular flexibility index (Phi) is 4.76. The second-order valence-corrected chi connectivity index (χ2v) is 4.78. The molecule has 1 heterocycles. The standard InChI is InChI=1S/C15H21NO2/c1-2-10-18-14-7-5-12(6-8-14)15(17)13-4-3-9-16-11-13/h5-8,13,16H,2-4,9-11H2,1H3. The Morgan fingerprint density at radius 3 is 2.78 bits per heavy atom. The van der Waals surface area contributed by atoms with Gasteiger partial charge in [-0.25, -0.2) is 0 Å². The molecule has 98 valence electrons. The lowest BCUT2D eigenvalue weighted by Crippen LogP contribution is -2.34. The molecule has 0 saturated carbocycles. The lowest BCUT2D eigenvalue weighted by molar-refractivity contribution is 0.0899. The predicted octanol–water partition coefficient (Wildman–Crippen LogP) is 2.66. The monoisotopic (exact) mass is 247 g/mol. The van der Waals surface area contributed by atoms with Crippen molar-refractivity contribution in [3.8, 4) is 5.75 Å². The number of nitrogens with one attached hydrogen (secondary N) is 1. The summed E-state index contributed by atoms with van der Waals surface area (Å²) in [6, 6.07) is 7.53. The highest BCUT2D eigenvalue weighted by Crippen LogP contribution is 2.19. The van der Waals surface area contributed by atoms with Crippen LogP contribution in [0.15, 0.2) is 24.3 Å². The third-order valence-electron chi connectivity index (χ3n) is 3.28. The zero-order valence-corrected chi connectivity index (χ0v) is 10.9. The van der Waals surface area contributed by atoms with Gasteiger partial charge in [-0.15, -0.1) is 0 Å². The van der Waals surface area contributed by atoms with Crippen LogP contribution in [0.2, 0.25) is 0 Å². The molecule has 0 aromatic heterocycles. The lowest BCUT2D eigenvalue weighted by atomic mass is 9.91. The van der Waals surface area contributed by atoms with E-state index in [1.54, 1.807) is 0 Å². The summed E-state index contributed by atoms with van der Waals surface area (Å²) in [5.74, 6) is 1.24. The molecule has 18 heavy (non-hydrogen) atoms. The fourth-order valence-corrected chi connectivity index (χ4v) is 2.25. The Bertz CT molecular complexity index is 380. The summed E-state index contributed by atoms with van der Waals surface area (Å²) in [5, 5.41) is 3.28. The molecule has 1 aliphatic rings. The third-order valence-corrected chi connectivity index (χ3v) is 3.28. The second-order valence-electron chi connectivity index (χ2n) is 4.78. The third kappa shape index (κ3) is 3.33. The molecule has 0 radical (unpaired) electrons. The van der Waals surface area contributed by atoms with E-state index in [-0.39, 0.29) is 11.7 Å². The molecule has 1 aliphatic heterocycles. The highest BCUT2D eigenvalue weighted by molar-refractivity contribution is 5.98. The SMILES string of the molecule is CCCOc1ccc(C(=O)C2CCCNC2)cc1. The Morgan fingerprint density at radius 1 is 1.39 bits per heavy atom. The van der Waals surface area contributed by atoms with Gasteiger partial charge < -0.3 is 10.1 Å². The van der Waals surface area contributed by atoms with Crippen LogP contribution >= 0.6 is 0 Å². The quantitative estimate of drug-likeness (QED) is 0.813. The van der Waals surface area contributed by atoms with Gasteiger partial charge in [-0.3, -0.25) is 4.79 Å². The Labute approximate surface area is 109 Å². The van der Waals surface area contributed by atoms with Crippen molar-refractivity contribution in [2.75, 3.05) is 19.7 Å². The van der Waals surface area contributed by atoms with Crippen LogP contribution in [0.1, 0.15) is 36.5 Å². The van der Waals surface area contributed by atoms with Crippen LogP contribution in [0.25, 0.3) is 0 Å². The van der Waals surface area contributed by atoms with Gasteiger partial charge in [0.1, 0.15) is 5.75 Å². The van der Waals surface area contributed by atoms with Crippen LogP contribution in [-0.2, 0) is 0 Å². The fourth-order valence-electron chi connectivity index (χ4n) is 2.25. The van der Waals surface area contributed by atoms with Crippen molar-refractivity contribution in [1.82, 2.24) is 5.32 Å². The molecule has 0 amide bonds. The van der Waals surface area contributed by atoms with Gasteiger partial charge in [0, 0.05) is 18.0 Å². The molecular formula is C15H21NO2. The van der Waals surface area contributed by atoms with Gasteiger partial charge in [0.25, 0.3) is 0 Å². The number of benzene rings is 1. The molecule has 1 saturated heterocycles. The topological polar surface area (TPSA) is 38.3 Å². The van der Waals surface area contributed by atoms with E-state index in [0.29, 0.717) is 0 Å². The summed E-state index contributed by atoms with van der Waals surface area (Å²) in [6.07, 6.45) is 3.09. The lowest BCUT2D eigenvalue weighted by Gasteiger charge is -2.21. The maximum atomic E-state index is 12.2. The van der Waals surface area contributed by atoms with Crippen molar-refractivity contribution in [1.29, 1.82) is 0 Å². The smallest absolute Gasteiger partial charge is 0.167 e. The molecule has 3 heteroatoms. The van der Waals surface area contributed by atoms with Crippen molar-refractivity contribution in [2.45, 2.75) is 26.2 Å². The van der Waals surface area contributed by atoms with Gasteiger partial charge in [0.2, 0.25) is 0 Å². The summed E-state index contributed by atoms with van der Waals surface area (Å²) in [7, 11) is 0. The van der Waals surface area contributed by atoms with E-state index < -0.39 is 0 Å². The molecule has 0 spiro atoms. The van der Waals surface area contributed by atoms with Gasteiger partial charge in [0.15, 0.2) is 5.78 Å². The van der Waals surface area contributed by atoms with E-state index in [2.05, 4.69) is 12.2 Å². The molecule has 1 aromatic rings. The van der Waals surface area contributed by atoms with Crippen LogP contribution < -0.4 is 10.1 Å². The summed E-state index contributed by atoms with van der Waals surface area (Å²) in [6.45, 7) is 4.65. The summed E-state index contributed by atoms with van der Waals surface area (Å²) >= 11 is 0. The van der Waals surface area contributed by atoms with Crippen LogP contribution in [0.3, 0.4) is 0 Å². The first-order valence-corrected chi connectivity index (χ1v) is 6.79. The number of ketones is 1. The zero-order valence-electron chi connectivity index (χ0n) is 10.9. The van der Waals surface area contributed by atoms with E-state index in [9.17, 15) is 4.79 Å². The fraction of sp³-hybridized carbons (Fsp3) is 0.533. The van der Waals surface area contributed by atoms with Crippen molar-refractivity contribution < 1.29 is 9.53 Å². The maximum Gasteiger partial charge on any atom is 0.167 e. The largest absolute Gasteiger partial charge is 0.494 e. The van der Waals surface area contributed by atoms with Crippen molar-refractivity contribution in [3.05, 3.63) is 29.8 Å². The molecule has 0 aliphatic carbocycles. The van der Waals surface area contributed by atoms with Crippen LogP contribution in [0, 0.1) is 5.92 Å². The minimum Gasteiger partial charge on any atom is -0.494 e. The second kappa shape index (κ2) is 6.55. The maximum absolute atomic E-state index is 12.2. The van der Waals surface area contributed by atoms with Crippen molar-refractivity contribution in [2.24, 2.45) is 5.92 Å². The van der Waals surface area contributed by atoms with E-state index in [0.717, 1.165) is 50.3 Å². The number of piperidine rings is 1. The Morgan fingerprint density at radius 2 is 2.17 bits per heavy atom. The number of carbonyl (C=O) groups is 1. The first-order valence-electron chi connectivity index (χ1n) is 6.79. The van der Waals surface area contributed by atoms with Crippen LogP contribution in [0.5, 0.6) is 5.75 Å². The molecule has 1 N–H and O–H groups in total. The van der Waals surface area contributed by atoms with E-state index in [1.165, 1.54) is 0 Å². The summed E-state index contributed by atoms with van der Waals surface area (Å²) < 4.78 is 5.51. The van der Waals surface area contributed by atoms with Gasteiger partial charge in [-0.05, 0) is 50.1 Å². The van der Waals surface area contributed by atoms with Crippen molar-refractivity contribution >= 4 is 5.78 Å². The first-order chi connectivity index (χ1) is 8.81. The number of hydrogen-bond donors (Lipinski definition) is 1. The van der Waals surface area contributed by atoms with Crippen LogP contribution in [0.4, 0.5) is 0 Å². The van der Waals surface area contributed by atoms with Crippen LogP contribution in [-0.4, -0.2) is 25.5 Å². The van der Waals surface area contributed by atoms with E-state index in [1.807, 2.05) is 24.3 Å². The zero-order chi connectivity index (χ0) is 12.8. The number of Topliss-reactive ketones (excluding diaryl/α,β-unsaturated/α-hetero) is 1. The number of carbonyl (C=O) groups excluding carboxylic acids is 1. The minimum absolute atomic E-state index is 0.140. The normalized spacial score (nSPS) is 19.5. The Hall–Kier alpha value is -1.35. The number of rotatable bonds is 5. The molecule has 3 nitrogen and oxygen atoms in total. The van der Waals surface area contributed by atoms with E-state index in [4.69, 9.17) is 4.74 Å². The molecule has 1 aromatic carbocycles. The average Bonchev–Trinajstić information content (AvgIpc) is 2.46. The summed E-state index contributed by atoms with van der Waals surface area (Å²) in [5.41, 5.74) is 0.799. The van der Waals surface area contributed by atoms with Gasteiger partial charge in [-0.1, -0.05) is 6.92 Å². The highest BCUT2D eigenvalue weighted by Gasteiger charge is 2.21. The molecule has 0 bridgehead atoms. The van der Waals surface area contributed by atoms with Crippen molar-refractivity contribution in [3.63, 3.8) is 0 Å². The minimum atomic E-state index is 0.140. The van der Waals surface area contributed by atoms with Gasteiger partial charge in [0.05, 0.1) is 6.61 Å². The molecular weight excluding hydrogens is 226 g/mol. The number of ether oxygens (including phenoxy) is 1. The molecule has 1 unspecified atom stereocenters. The van der Waals surface area contributed by atoms with Gasteiger partial charge >= 0.3 is 0 Å². The highest BCUT2D eigenvalue weighted by atomic mass is 16.5. The molecule has 1 fully saturated rings. The average molecular weight is 247 g/mol. The Balaban J connectivity index is 1.97. The van der Waals surface area contributed by atoms with E-state index >= 15 is 0 Å². The van der Waals surface area contributed by atoms with Gasteiger partial charge in [-0.2, -0.15) is 0 Å². The first kappa shape index (κ1) is 13.1.